The molecule has 0 aliphatic carbocycles. The van der Waals surface area contributed by atoms with Gasteiger partial charge >= 0.3 is 0 Å². The highest BCUT2D eigenvalue weighted by Gasteiger charge is 2.13. The molecule has 3 aromatic heterocycles. The van der Waals surface area contributed by atoms with Gasteiger partial charge in [-0.2, -0.15) is 10.2 Å². The maximum Gasteiger partial charge on any atom is 0.264 e. The van der Waals surface area contributed by atoms with Crippen molar-refractivity contribution in [3.05, 3.63) is 65.4 Å². The van der Waals surface area contributed by atoms with Gasteiger partial charge in [0.25, 0.3) is 5.56 Å². The first-order valence-electron chi connectivity index (χ1n) is 8.13. The van der Waals surface area contributed by atoms with Gasteiger partial charge in [-0.1, -0.05) is 25.1 Å². The van der Waals surface area contributed by atoms with Crippen molar-refractivity contribution in [2.45, 2.75) is 26.4 Å². The van der Waals surface area contributed by atoms with Crippen molar-refractivity contribution in [1.29, 1.82) is 0 Å². The molecular weight excluding hydrogens is 318 g/mol. The number of hydrogen-bond donors (Lipinski definition) is 0. The van der Waals surface area contributed by atoms with Crippen LogP contribution >= 0.6 is 0 Å². The van der Waals surface area contributed by atoms with Crippen LogP contribution in [0.25, 0.3) is 16.7 Å². The summed E-state index contributed by atoms with van der Waals surface area (Å²) in [5.74, 6) is 0.737. The van der Waals surface area contributed by atoms with E-state index in [1.54, 1.807) is 10.9 Å². The van der Waals surface area contributed by atoms with Gasteiger partial charge in [-0.15, -0.1) is 0 Å². The molecule has 126 valence electrons. The van der Waals surface area contributed by atoms with Gasteiger partial charge in [0.1, 0.15) is 23.9 Å². The lowest BCUT2D eigenvalue weighted by Crippen LogP contribution is -2.23. The van der Waals surface area contributed by atoms with Crippen LogP contribution in [0, 0.1) is 0 Å². The maximum atomic E-state index is 12.8. The molecule has 8 heteroatoms. The highest BCUT2D eigenvalue weighted by atomic mass is 16.1. The van der Waals surface area contributed by atoms with Gasteiger partial charge < -0.3 is 0 Å². The molecule has 0 unspecified atom stereocenters. The van der Waals surface area contributed by atoms with Crippen LogP contribution in [0.5, 0.6) is 0 Å². The van der Waals surface area contributed by atoms with Gasteiger partial charge in [0.2, 0.25) is 0 Å². The second-order valence-corrected chi connectivity index (χ2v) is 5.71. The average molecular weight is 335 g/mol. The predicted molar refractivity (Wildman–Crippen MR) is 92.5 cm³/mol. The van der Waals surface area contributed by atoms with E-state index in [0.29, 0.717) is 17.6 Å². The van der Waals surface area contributed by atoms with Crippen molar-refractivity contribution >= 4 is 11.0 Å². The van der Waals surface area contributed by atoms with Crippen LogP contribution in [0.1, 0.15) is 19.2 Å². The van der Waals surface area contributed by atoms with Crippen LogP contribution in [0.2, 0.25) is 0 Å². The standard InChI is InChI=1S/C17H17N7O/c1-2-8-23-15(18-11-21-23)10-22-12-19-16-14(17(22)25)9-20-24(16)13-6-4-3-5-7-13/h3-7,9,11-12H,2,8,10H2,1H3. The van der Waals surface area contributed by atoms with Crippen molar-refractivity contribution in [2.75, 3.05) is 0 Å². The summed E-state index contributed by atoms with van der Waals surface area (Å²) in [4.78, 5) is 21.5. The fourth-order valence-corrected chi connectivity index (χ4v) is 2.78. The van der Waals surface area contributed by atoms with Crippen molar-refractivity contribution in [2.24, 2.45) is 0 Å². The Kier molecular flexibility index (Phi) is 3.85. The largest absolute Gasteiger partial charge is 0.291 e. The molecule has 4 rings (SSSR count). The fraction of sp³-hybridized carbons (Fsp3) is 0.235. The lowest BCUT2D eigenvalue weighted by Gasteiger charge is -2.07. The van der Waals surface area contributed by atoms with Crippen LogP contribution in [0.3, 0.4) is 0 Å². The Labute approximate surface area is 143 Å². The first-order chi connectivity index (χ1) is 12.3. The maximum absolute atomic E-state index is 12.8. The monoisotopic (exact) mass is 335 g/mol. The number of benzene rings is 1. The Balaban J connectivity index is 1.74. The average Bonchev–Trinajstić information content (AvgIpc) is 3.26. The highest BCUT2D eigenvalue weighted by Crippen LogP contribution is 2.13. The third-order valence-corrected chi connectivity index (χ3v) is 4.00. The summed E-state index contributed by atoms with van der Waals surface area (Å²) in [5.41, 5.74) is 1.27. The van der Waals surface area contributed by atoms with Gasteiger partial charge in [-0.25, -0.2) is 19.3 Å². The van der Waals surface area contributed by atoms with Gasteiger partial charge in [-0.05, 0) is 18.6 Å². The molecule has 0 radical (unpaired) electrons. The van der Waals surface area contributed by atoms with E-state index in [1.807, 2.05) is 35.0 Å². The van der Waals surface area contributed by atoms with E-state index in [4.69, 9.17) is 0 Å². The first kappa shape index (κ1) is 15.3. The quantitative estimate of drug-likeness (QED) is 0.553. The van der Waals surface area contributed by atoms with E-state index < -0.39 is 0 Å². The van der Waals surface area contributed by atoms with E-state index in [2.05, 4.69) is 27.1 Å². The third kappa shape index (κ3) is 2.71. The zero-order valence-corrected chi connectivity index (χ0v) is 13.8. The number of fused-ring (bicyclic) bond motifs is 1. The molecule has 0 N–H and O–H groups in total. The highest BCUT2D eigenvalue weighted by molar-refractivity contribution is 5.74. The summed E-state index contributed by atoms with van der Waals surface area (Å²) in [6.07, 6.45) is 5.56. The normalized spacial score (nSPS) is 11.2. The van der Waals surface area contributed by atoms with Crippen LogP contribution < -0.4 is 5.56 Å². The number of hydrogen-bond acceptors (Lipinski definition) is 5. The molecule has 0 aliphatic heterocycles. The number of aryl methyl sites for hydroxylation is 1. The molecule has 0 spiro atoms. The summed E-state index contributed by atoms with van der Waals surface area (Å²) in [6, 6.07) is 9.62. The zero-order valence-electron chi connectivity index (χ0n) is 13.8. The van der Waals surface area contributed by atoms with Gasteiger partial charge in [-0.3, -0.25) is 9.36 Å². The Bertz CT molecular complexity index is 1060. The molecule has 4 aromatic rings. The van der Waals surface area contributed by atoms with Crippen molar-refractivity contribution in [3.63, 3.8) is 0 Å². The molecular formula is C17H17N7O. The molecule has 8 nitrogen and oxygen atoms in total. The molecule has 3 heterocycles. The molecule has 0 fully saturated rings. The Morgan fingerprint density at radius 2 is 1.92 bits per heavy atom. The molecule has 1 aromatic carbocycles. The number of aromatic nitrogens is 7. The van der Waals surface area contributed by atoms with Crippen LogP contribution in [-0.4, -0.2) is 34.1 Å². The molecule has 0 atom stereocenters. The van der Waals surface area contributed by atoms with Crippen LogP contribution in [0.15, 0.2) is 54.0 Å². The lowest BCUT2D eigenvalue weighted by molar-refractivity contribution is 0.549. The number of nitrogens with zero attached hydrogens (tertiary/aromatic N) is 7. The minimum atomic E-state index is -0.141. The molecule has 0 bridgehead atoms. The molecule has 0 saturated carbocycles. The van der Waals surface area contributed by atoms with Crippen LogP contribution in [-0.2, 0) is 13.1 Å². The molecule has 25 heavy (non-hydrogen) atoms. The van der Waals surface area contributed by atoms with Crippen molar-refractivity contribution in [1.82, 2.24) is 34.1 Å². The zero-order chi connectivity index (χ0) is 17.2. The smallest absolute Gasteiger partial charge is 0.264 e. The molecule has 0 saturated heterocycles. The number of rotatable bonds is 5. The summed E-state index contributed by atoms with van der Waals surface area (Å²) in [5, 5.41) is 8.99. The SMILES string of the molecule is CCCn1ncnc1Cn1cnc2c(cnn2-c2ccccc2)c1=O. The van der Waals surface area contributed by atoms with E-state index in [-0.39, 0.29) is 5.56 Å². The predicted octanol–water partition coefficient (Wildman–Crippen LogP) is 1.63. The third-order valence-electron chi connectivity index (χ3n) is 4.00. The second kappa shape index (κ2) is 6.31. The Morgan fingerprint density at radius 1 is 1.08 bits per heavy atom. The summed E-state index contributed by atoms with van der Waals surface area (Å²) >= 11 is 0. The Morgan fingerprint density at radius 3 is 2.72 bits per heavy atom. The van der Waals surface area contributed by atoms with Gasteiger partial charge in [0.15, 0.2) is 5.65 Å². The van der Waals surface area contributed by atoms with E-state index >= 15 is 0 Å². The summed E-state index contributed by atoms with van der Waals surface area (Å²) in [7, 11) is 0. The second-order valence-electron chi connectivity index (χ2n) is 5.71. The fourth-order valence-electron chi connectivity index (χ4n) is 2.78. The first-order valence-corrected chi connectivity index (χ1v) is 8.13. The number of para-hydroxylation sites is 1. The lowest BCUT2D eigenvalue weighted by atomic mass is 10.3. The minimum Gasteiger partial charge on any atom is -0.291 e. The van der Waals surface area contributed by atoms with Crippen molar-refractivity contribution in [3.8, 4) is 5.69 Å². The van der Waals surface area contributed by atoms with E-state index in [1.165, 1.54) is 17.2 Å². The van der Waals surface area contributed by atoms with E-state index in [0.717, 1.165) is 24.5 Å². The van der Waals surface area contributed by atoms with Crippen LogP contribution in [0.4, 0.5) is 0 Å². The summed E-state index contributed by atoms with van der Waals surface area (Å²) in [6.45, 7) is 3.17. The minimum absolute atomic E-state index is 0.141. The van der Waals surface area contributed by atoms with E-state index in [9.17, 15) is 4.79 Å². The van der Waals surface area contributed by atoms with Crippen molar-refractivity contribution < 1.29 is 0 Å². The van der Waals surface area contributed by atoms with Gasteiger partial charge in [0.05, 0.1) is 18.4 Å². The molecule has 0 amide bonds. The topological polar surface area (TPSA) is 83.4 Å². The molecule has 0 aliphatic rings. The van der Waals surface area contributed by atoms with Gasteiger partial charge in [0, 0.05) is 6.54 Å². The summed E-state index contributed by atoms with van der Waals surface area (Å²) < 4.78 is 5.01. The Hall–Kier alpha value is -3.29.